The predicted molar refractivity (Wildman–Crippen MR) is 119 cm³/mol. The van der Waals surface area contributed by atoms with Crippen molar-refractivity contribution in [2.24, 2.45) is 5.92 Å². The van der Waals surface area contributed by atoms with Crippen LogP contribution < -0.4 is 4.74 Å². The quantitative estimate of drug-likeness (QED) is 0.635. The van der Waals surface area contributed by atoms with Crippen molar-refractivity contribution >= 4 is 16.9 Å². The average molecular weight is 438 g/mol. The molecule has 1 aromatic heterocycles. The fourth-order valence-electron chi connectivity index (χ4n) is 4.97. The molecule has 2 fully saturated rings. The molecule has 2 aliphatic rings. The molecule has 2 saturated heterocycles. The highest BCUT2D eigenvalue weighted by Crippen LogP contribution is 2.39. The third kappa shape index (κ3) is 4.48. The zero-order valence-electron chi connectivity index (χ0n) is 18.1. The Labute approximate surface area is 186 Å². The van der Waals surface area contributed by atoms with E-state index < -0.39 is 0 Å². The van der Waals surface area contributed by atoms with Gasteiger partial charge in [-0.05, 0) is 80.5 Å². The van der Waals surface area contributed by atoms with E-state index in [9.17, 15) is 9.18 Å². The lowest BCUT2D eigenvalue weighted by Crippen LogP contribution is -2.50. The third-order valence-electron chi connectivity index (χ3n) is 6.83. The first kappa shape index (κ1) is 20.9. The van der Waals surface area contributed by atoms with Gasteiger partial charge in [0, 0.05) is 25.3 Å². The van der Waals surface area contributed by atoms with Gasteiger partial charge in [-0.25, -0.2) is 9.37 Å². The molecule has 3 heterocycles. The number of ether oxygens (including phenoxy) is 2. The predicted octanol–water partition coefficient (Wildman–Crippen LogP) is 4.57. The average Bonchev–Trinajstić information content (AvgIpc) is 3.29. The van der Waals surface area contributed by atoms with E-state index in [-0.39, 0.29) is 17.3 Å². The van der Waals surface area contributed by atoms with Gasteiger partial charge in [-0.2, -0.15) is 0 Å². The van der Waals surface area contributed by atoms with Crippen LogP contribution in [0.4, 0.5) is 4.39 Å². The minimum absolute atomic E-state index is 0.0661. The van der Waals surface area contributed by atoms with Crippen molar-refractivity contribution in [3.05, 3.63) is 60.2 Å². The molecule has 0 radical (unpaired) electrons. The summed E-state index contributed by atoms with van der Waals surface area (Å²) < 4.78 is 25.1. The number of fused-ring (bicyclic) bond motifs is 1. The van der Waals surface area contributed by atoms with Crippen molar-refractivity contribution in [2.75, 3.05) is 26.3 Å². The number of hydrogen-bond donors (Lipinski definition) is 1. The number of aromatic amines is 1. The van der Waals surface area contributed by atoms with Gasteiger partial charge in [0.25, 0.3) is 5.91 Å². The maximum Gasteiger partial charge on any atom is 0.253 e. The van der Waals surface area contributed by atoms with Gasteiger partial charge < -0.3 is 19.4 Å². The van der Waals surface area contributed by atoms with Crippen LogP contribution >= 0.6 is 0 Å². The lowest BCUT2D eigenvalue weighted by Gasteiger charge is -2.46. The zero-order valence-corrected chi connectivity index (χ0v) is 18.1. The molecule has 0 aliphatic carbocycles. The Kier molecular flexibility index (Phi) is 5.83. The first-order chi connectivity index (χ1) is 15.6. The van der Waals surface area contributed by atoms with Gasteiger partial charge in [-0.15, -0.1) is 0 Å². The molecule has 0 bridgehead atoms. The number of carbonyl (C=O) groups excluding carboxylic acids is 1. The Morgan fingerprint density at radius 3 is 2.84 bits per heavy atom. The van der Waals surface area contributed by atoms with Crippen molar-refractivity contribution < 1.29 is 18.7 Å². The van der Waals surface area contributed by atoms with E-state index in [4.69, 9.17) is 9.47 Å². The summed E-state index contributed by atoms with van der Waals surface area (Å²) in [4.78, 5) is 22.2. The van der Waals surface area contributed by atoms with Crippen LogP contribution in [-0.2, 0) is 4.74 Å². The van der Waals surface area contributed by atoms with E-state index in [0.29, 0.717) is 36.9 Å². The van der Waals surface area contributed by atoms with Crippen LogP contribution in [0, 0.1) is 11.7 Å². The number of benzene rings is 2. The van der Waals surface area contributed by atoms with Crippen LogP contribution in [-0.4, -0.2) is 52.7 Å². The van der Waals surface area contributed by atoms with Crippen molar-refractivity contribution in [1.29, 1.82) is 0 Å². The van der Waals surface area contributed by atoms with Crippen LogP contribution in [0.3, 0.4) is 0 Å². The Hall–Kier alpha value is -2.93. The molecule has 1 amide bonds. The van der Waals surface area contributed by atoms with Crippen LogP contribution in [0.1, 0.15) is 42.5 Å². The second kappa shape index (κ2) is 8.90. The fourth-order valence-corrected chi connectivity index (χ4v) is 4.97. The smallest absolute Gasteiger partial charge is 0.253 e. The van der Waals surface area contributed by atoms with E-state index in [1.807, 2.05) is 23.1 Å². The second-order valence-electron chi connectivity index (χ2n) is 8.91. The molecule has 2 aliphatic heterocycles. The molecule has 1 unspecified atom stereocenters. The lowest BCUT2D eigenvalue weighted by atomic mass is 9.78. The van der Waals surface area contributed by atoms with E-state index in [1.165, 1.54) is 12.1 Å². The highest BCUT2D eigenvalue weighted by Gasteiger charge is 2.41. The van der Waals surface area contributed by atoms with E-state index in [2.05, 4.69) is 9.97 Å². The van der Waals surface area contributed by atoms with Gasteiger partial charge in [0.05, 0.1) is 29.6 Å². The molecule has 168 valence electrons. The Balaban J connectivity index is 1.13. The van der Waals surface area contributed by atoms with Gasteiger partial charge in [0.2, 0.25) is 0 Å². The standard InChI is InChI=1S/C25H28FN3O3/c26-20-2-4-21(5-3-20)31-13-7-18-8-14-32-25(16-18)9-11-29(12-10-25)24(30)19-1-6-22-23(15-19)28-17-27-22/h1-6,15,17-18H,7-14,16H2,(H,27,28). The number of aromatic nitrogens is 2. The SMILES string of the molecule is O=C(c1ccc2nc[nH]c2c1)N1CCC2(CC1)CC(CCOc1ccc(F)cc1)CCO2. The van der Waals surface area contributed by atoms with Gasteiger partial charge >= 0.3 is 0 Å². The molecular formula is C25H28FN3O3. The first-order valence-electron chi connectivity index (χ1n) is 11.4. The van der Waals surface area contributed by atoms with Gasteiger partial charge in [0.15, 0.2) is 0 Å². The Morgan fingerprint density at radius 2 is 2.03 bits per heavy atom. The van der Waals surface area contributed by atoms with Crippen molar-refractivity contribution in [3.63, 3.8) is 0 Å². The summed E-state index contributed by atoms with van der Waals surface area (Å²) >= 11 is 0. The Bertz CT molecular complexity index is 1070. The van der Waals surface area contributed by atoms with Crippen LogP contribution in [0.5, 0.6) is 5.75 Å². The number of H-pyrrole nitrogens is 1. The van der Waals surface area contributed by atoms with Crippen molar-refractivity contribution in [3.8, 4) is 5.75 Å². The molecule has 2 aromatic carbocycles. The molecular weight excluding hydrogens is 409 g/mol. The number of amides is 1. The molecule has 1 atom stereocenters. The minimum atomic E-state index is -0.254. The molecule has 3 aromatic rings. The minimum Gasteiger partial charge on any atom is -0.494 e. The summed E-state index contributed by atoms with van der Waals surface area (Å²) in [5.74, 6) is 1.05. The molecule has 0 saturated carbocycles. The number of rotatable bonds is 5. The number of piperidine rings is 1. The number of halogens is 1. The number of likely N-dealkylation sites (tertiary alicyclic amines) is 1. The Morgan fingerprint density at radius 1 is 1.22 bits per heavy atom. The molecule has 7 heteroatoms. The second-order valence-corrected chi connectivity index (χ2v) is 8.91. The van der Waals surface area contributed by atoms with Crippen LogP contribution in [0.2, 0.25) is 0 Å². The number of nitrogens with one attached hydrogen (secondary N) is 1. The zero-order chi connectivity index (χ0) is 22.0. The lowest BCUT2D eigenvalue weighted by molar-refractivity contribution is -0.125. The molecule has 32 heavy (non-hydrogen) atoms. The largest absolute Gasteiger partial charge is 0.494 e. The summed E-state index contributed by atoms with van der Waals surface area (Å²) in [6, 6.07) is 11.8. The molecule has 6 nitrogen and oxygen atoms in total. The van der Waals surface area contributed by atoms with Crippen molar-refractivity contribution in [1.82, 2.24) is 14.9 Å². The van der Waals surface area contributed by atoms with Gasteiger partial charge in [-0.1, -0.05) is 0 Å². The summed E-state index contributed by atoms with van der Waals surface area (Å²) in [5.41, 5.74) is 2.30. The number of hydrogen-bond acceptors (Lipinski definition) is 4. The van der Waals surface area contributed by atoms with Crippen LogP contribution in [0.25, 0.3) is 11.0 Å². The monoisotopic (exact) mass is 437 g/mol. The number of imidazole rings is 1. The summed E-state index contributed by atoms with van der Waals surface area (Å²) in [5, 5.41) is 0. The molecule has 1 N–H and O–H groups in total. The number of nitrogens with zero attached hydrogens (tertiary/aromatic N) is 2. The maximum atomic E-state index is 13.0. The topological polar surface area (TPSA) is 67.5 Å². The molecule has 1 spiro atoms. The van der Waals surface area contributed by atoms with E-state index in [1.54, 1.807) is 18.5 Å². The van der Waals surface area contributed by atoms with Gasteiger partial charge in [0.1, 0.15) is 11.6 Å². The fraction of sp³-hybridized carbons (Fsp3) is 0.440. The van der Waals surface area contributed by atoms with Crippen molar-refractivity contribution in [2.45, 2.75) is 37.7 Å². The number of carbonyl (C=O) groups is 1. The maximum absolute atomic E-state index is 13.0. The third-order valence-corrected chi connectivity index (χ3v) is 6.83. The van der Waals surface area contributed by atoms with E-state index >= 15 is 0 Å². The summed E-state index contributed by atoms with van der Waals surface area (Å²) in [6.07, 6.45) is 6.35. The van der Waals surface area contributed by atoms with Gasteiger partial charge in [-0.3, -0.25) is 4.79 Å². The highest BCUT2D eigenvalue weighted by atomic mass is 19.1. The highest BCUT2D eigenvalue weighted by molar-refractivity contribution is 5.97. The summed E-state index contributed by atoms with van der Waals surface area (Å²) in [7, 11) is 0. The van der Waals surface area contributed by atoms with Crippen LogP contribution in [0.15, 0.2) is 48.8 Å². The first-order valence-corrected chi connectivity index (χ1v) is 11.4. The summed E-state index contributed by atoms with van der Waals surface area (Å²) in [6.45, 7) is 2.79. The van der Waals surface area contributed by atoms with E-state index in [0.717, 1.165) is 49.7 Å². The molecule has 5 rings (SSSR count). The normalized spacial score (nSPS) is 20.5.